The number of hydrogen-bond donors (Lipinski definition) is 1. The van der Waals surface area contributed by atoms with Crippen LogP contribution in [0.25, 0.3) is 0 Å². The van der Waals surface area contributed by atoms with Gasteiger partial charge in [-0.15, -0.1) is 23.4 Å². The molecule has 5 nitrogen and oxygen atoms in total. The van der Waals surface area contributed by atoms with Crippen LogP contribution < -0.4 is 5.32 Å². The lowest BCUT2D eigenvalue weighted by Gasteiger charge is -2.18. The van der Waals surface area contributed by atoms with Gasteiger partial charge in [0.15, 0.2) is 4.34 Å². The minimum absolute atomic E-state index is 0.0306. The molecule has 0 unspecified atom stereocenters. The van der Waals surface area contributed by atoms with E-state index in [2.05, 4.69) is 28.7 Å². The zero-order valence-corrected chi connectivity index (χ0v) is 15.2. The van der Waals surface area contributed by atoms with Crippen LogP contribution in [0.2, 0.25) is 0 Å². The van der Waals surface area contributed by atoms with Crippen molar-refractivity contribution in [3.8, 4) is 0 Å². The van der Waals surface area contributed by atoms with Crippen LogP contribution in [-0.2, 0) is 4.79 Å². The summed E-state index contributed by atoms with van der Waals surface area (Å²) in [5.74, 6) is 0.351. The van der Waals surface area contributed by atoms with E-state index < -0.39 is 0 Å². The second kappa shape index (κ2) is 9.24. The molecule has 0 aliphatic heterocycles. The average Bonchev–Trinajstić information content (AvgIpc) is 3.02. The molecule has 1 N–H and O–H groups in total. The van der Waals surface area contributed by atoms with Crippen LogP contribution in [-0.4, -0.2) is 39.8 Å². The highest BCUT2D eigenvalue weighted by molar-refractivity contribution is 8.01. The van der Waals surface area contributed by atoms with Crippen LogP contribution in [0.5, 0.6) is 0 Å². The maximum Gasteiger partial charge on any atom is 0.233 e. The summed E-state index contributed by atoms with van der Waals surface area (Å²) in [6, 6.07) is 8.06. The van der Waals surface area contributed by atoms with Crippen molar-refractivity contribution in [2.24, 2.45) is 0 Å². The molecule has 0 spiro atoms. The van der Waals surface area contributed by atoms with Gasteiger partial charge in [-0.05, 0) is 19.1 Å². The third-order valence-corrected chi connectivity index (χ3v) is 5.04. The number of rotatable bonds is 9. The van der Waals surface area contributed by atoms with Gasteiger partial charge in [0, 0.05) is 18.8 Å². The maximum atomic E-state index is 12.2. The number of aromatic nitrogens is 2. The summed E-state index contributed by atoms with van der Waals surface area (Å²) in [5, 5.41) is 12.1. The van der Waals surface area contributed by atoms with Crippen molar-refractivity contribution in [3.05, 3.63) is 55.1 Å². The Labute approximate surface area is 150 Å². The predicted octanol–water partition coefficient (Wildman–Crippen LogP) is 3.88. The summed E-state index contributed by atoms with van der Waals surface area (Å²) < 4.78 is 0.759. The van der Waals surface area contributed by atoms with E-state index in [0.717, 1.165) is 10.0 Å². The fourth-order valence-corrected chi connectivity index (χ4v) is 3.56. The number of benzene rings is 1. The lowest BCUT2D eigenvalue weighted by Crippen LogP contribution is -2.32. The fourth-order valence-electron chi connectivity index (χ4n) is 1.88. The lowest BCUT2D eigenvalue weighted by molar-refractivity contribution is -0.127. The number of thioether (sulfide) groups is 1. The molecule has 0 fully saturated rings. The van der Waals surface area contributed by atoms with Crippen LogP contribution in [0.1, 0.15) is 5.56 Å². The summed E-state index contributed by atoms with van der Waals surface area (Å²) in [7, 11) is 0. The van der Waals surface area contributed by atoms with Crippen molar-refractivity contribution in [2.75, 3.05) is 24.2 Å². The van der Waals surface area contributed by atoms with Gasteiger partial charge in [0.1, 0.15) is 0 Å². The van der Waals surface area contributed by atoms with Crippen molar-refractivity contribution >= 4 is 39.8 Å². The molecule has 0 aliphatic rings. The van der Waals surface area contributed by atoms with E-state index >= 15 is 0 Å². The van der Waals surface area contributed by atoms with Gasteiger partial charge in [-0.1, -0.05) is 52.9 Å². The molecular weight excluding hydrogens is 340 g/mol. The van der Waals surface area contributed by atoms with Crippen molar-refractivity contribution < 1.29 is 4.79 Å². The number of carbonyl (C=O) groups is 1. The average molecular weight is 361 g/mol. The van der Waals surface area contributed by atoms with Crippen molar-refractivity contribution in [3.63, 3.8) is 0 Å². The molecule has 1 amide bonds. The van der Waals surface area contributed by atoms with Crippen molar-refractivity contribution in [2.45, 2.75) is 11.3 Å². The van der Waals surface area contributed by atoms with Gasteiger partial charge in [-0.2, -0.15) is 0 Å². The smallest absolute Gasteiger partial charge is 0.233 e. The molecule has 0 radical (unpaired) electrons. The molecule has 1 heterocycles. The van der Waals surface area contributed by atoms with E-state index in [1.807, 2.05) is 31.2 Å². The first-order valence-electron chi connectivity index (χ1n) is 7.42. The Balaban J connectivity index is 1.88. The topological polar surface area (TPSA) is 58.1 Å². The standard InChI is InChI=1S/C17H20N4OS2/c1-4-10-21(11-5-2)15(22)12-23-17-20-19-16(24-17)18-14-8-6-13(3)7-9-14/h4-9H,1-2,10-12H2,3H3,(H,18,19). The zero-order valence-electron chi connectivity index (χ0n) is 13.6. The van der Waals surface area contributed by atoms with E-state index in [-0.39, 0.29) is 5.91 Å². The van der Waals surface area contributed by atoms with Crippen LogP contribution >= 0.6 is 23.1 Å². The number of amides is 1. The molecular formula is C17H20N4OS2. The molecule has 126 valence electrons. The fraction of sp³-hybridized carbons (Fsp3) is 0.235. The van der Waals surface area contributed by atoms with Crippen LogP contribution in [0.4, 0.5) is 10.8 Å². The molecule has 24 heavy (non-hydrogen) atoms. The highest BCUT2D eigenvalue weighted by Crippen LogP contribution is 2.27. The highest BCUT2D eigenvalue weighted by Gasteiger charge is 2.13. The van der Waals surface area contributed by atoms with Crippen LogP contribution in [0.15, 0.2) is 53.9 Å². The van der Waals surface area contributed by atoms with Crippen LogP contribution in [0, 0.1) is 6.92 Å². The Morgan fingerprint density at radius 3 is 2.54 bits per heavy atom. The molecule has 7 heteroatoms. The highest BCUT2D eigenvalue weighted by atomic mass is 32.2. The van der Waals surface area contributed by atoms with E-state index in [1.165, 1.54) is 28.7 Å². The largest absolute Gasteiger partial charge is 0.335 e. The normalized spacial score (nSPS) is 10.2. The summed E-state index contributed by atoms with van der Waals surface area (Å²) in [6.45, 7) is 10.4. The van der Waals surface area contributed by atoms with Gasteiger partial charge in [0.25, 0.3) is 0 Å². The molecule has 2 aromatic rings. The van der Waals surface area contributed by atoms with Gasteiger partial charge in [-0.25, -0.2) is 0 Å². The first-order chi connectivity index (χ1) is 11.6. The van der Waals surface area contributed by atoms with E-state index in [4.69, 9.17) is 0 Å². The van der Waals surface area contributed by atoms with E-state index in [0.29, 0.717) is 24.0 Å². The molecule has 0 saturated carbocycles. The summed E-state index contributed by atoms with van der Waals surface area (Å²) >= 11 is 2.82. The predicted molar refractivity (Wildman–Crippen MR) is 102 cm³/mol. The minimum Gasteiger partial charge on any atom is -0.335 e. The van der Waals surface area contributed by atoms with Crippen molar-refractivity contribution in [1.82, 2.24) is 15.1 Å². The third-order valence-electron chi connectivity index (χ3n) is 3.08. The second-order valence-electron chi connectivity index (χ2n) is 5.03. The molecule has 1 aromatic carbocycles. The number of aryl methyl sites for hydroxylation is 1. The minimum atomic E-state index is 0.0306. The lowest BCUT2D eigenvalue weighted by atomic mass is 10.2. The molecule has 0 aliphatic carbocycles. The SMILES string of the molecule is C=CCN(CC=C)C(=O)CSc1nnc(Nc2ccc(C)cc2)s1. The first-order valence-corrected chi connectivity index (χ1v) is 9.22. The van der Waals surface area contributed by atoms with Crippen molar-refractivity contribution in [1.29, 1.82) is 0 Å². The number of anilines is 2. The van der Waals surface area contributed by atoms with Gasteiger partial charge >= 0.3 is 0 Å². The number of hydrogen-bond acceptors (Lipinski definition) is 6. The Hall–Kier alpha value is -2.12. The molecule has 2 rings (SSSR count). The quantitative estimate of drug-likeness (QED) is 0.543. The Morgan fingerprint density at radius 2 is 1.92 bits per heavy atom. The molecule has 1 aromatic heterocycles. The maximum absolute atomic E-state index is 12.2. The summed E-state index contributed by atoms with van der Waals surface area (Å²) in [6.07, 6.45) is 3.42. The van der Waals surface area contributed by atoms with Gasteiger partial charge in [0.05, 0.1) is 5.75 Å². The first kappa shape index (κ1) is 18.2. The third kappa shape index (κ3) is 5.50. The summed E-state index contributed by atoms with van der Waals surface area (Å²) in [4.78, 5) is 13.9. The molecule has 0 bridgehead atoms. The Bertz CT molecular complexity index is 687. The Morgan fingerprint density at radius 1 is 1.25 bits per heavy atom. The molecule has 0 saturated heterocycles. The van der Waals surface area contributed by atoms with E-state index in [9.17, 15) is 4.79 Å². The van der Waals surface area contributed by atoms with E-state index in [1.54, 1.807) is 17.1 Å². The van der Waals surface area contributed by atoms with Gasteiger partial charge in [-0.3, -0.25) is 4.79 Å². The summed E-state index contributed by atoms with van der Waals surface area (Å²) in [5.41, 5.74) is 2.17. The number of nitrogens with one attached hydrogen (secondary N) is 1. The monoisotopic (exact) mass is 360 g/mol. The molecule has 0 atom stereocenters. The number of nitrogens with zero attached hydrogens (tertiary/aromatic N) is 3. The zero-order chi connectivity index (χ0) is 17.4. The van der Waals surface area contributed by atoms with Gasteiger partial charge < -0.3 is 10.2 Å². The second-order valence-corrected chi connectivity index (χ2v) is 7.23. The van der Waals surface area contributed by atoms with Crippen LogP contribution in [0.3, 0.4) is 0 Å². The van der Waals surface area contributed by atoms with Gasteiger partial charge in [0.2, 0.25) is 11.0 Å². The Kier molecular flexibility index (Phi) is 7.02. The number of carbonyl (C=O) groups excluding carboxylic acids is 1.